The molecule has 1 nitrogen and oxygen atoms in total. The Kier molecular flexibility index (Phi) is 3.96. The average molecular weight is 298 g/mol. The van der Waals surface area contributed by atoms with E-state index in [1.165, 1.54) is 25.7 Å². The van der Waals surface area contributed by atoms with Gasteiger partial charge in [-0.2, -0.15) is 0 Å². The normalized spacial score (nSPS) is 28.9. The lowest BCUT2D eigenvalue weighted by atomic mass is 9.88. The summed E-state index contributed by atoms with van der Waals surface area (Å²) in [5, 5.41) is 0.823. The van der Waals surface area contributed by atoms with Crippen LogP contribution in [-0.2, 0) is 5.88 Å². The van der Waals surface area contributed by atoms with Crippen molar-refractivity contribution in [2.75, 3.05) is 18.5 Å². The Morgan fingerprint density at radius 1 is 1.26 bits per heavy atom. The van der Waals surface area contributed by atoms with Crippen LogP contribution in [0.2, 0.25) is 5.02 Å². The number of para-hydroxylation sites is 1. The Hall–Kier alpha value is -0.400. The maximum absolute atomic E-state index is 6.37. The van der Waals surface area contributed by atoms with E-state index in [1.54, 1.807) is 0 Å². The Balaban J connectivity index is 1.75. The lowest BCUT2D eigenvalue weighted by Gasteiger charge is -2.30. The Morgan fingerprint density at radius 2 is 2.11 bits per heavy atom. The van der Waals surface area contributed by atoms with E-state index in [0.717, 1.165) is 40.6 Å². The van der Waals surface area contributed by atoms with Gasteiger partial charge in [0.1, 0.15) is 0 Å². The minimum Gasteiger partial charge on any atom is -0.373 e. The summed E-state index contributed by atoms with van der Waals surface area (Å²) in [6.07, 6.45) is 5.77. The second-order valence-electron chi connectivity index (χ2n) is 6.20. The van der Waals surface area contributed by atoms with Gasteiger partial charge >= 0.3 is 0 Å². The van der Waals surface area contributed by atoms with Crippen LogP contribution in [0.3, 0.4) is 0 Å². The zero-order valence-corrected chi connectivity index (χ0v) is 12.9. The molecule has 104 valence electrons. The maximum Gasteiger partial charge on any atom is 0.0642 e. The number of rotatable bonds is 4. The molecule has 3 heteroatoms. The molecule has 2 fully saturated rings. The third kappa shape index (κ3) is 2.60. The third-order valence-electron chi connectivity index (χ3n) is 4.99. The van der Waals surface area contributed by atoms with Crippen molar-refractivity contribution in [2.45, 2.75) is 31.6 Å². The zero-order valence-electron chi connectivity index (χ0n) is 11.4. The van der Waals surface area contributed by atoms with Crippen molar-refractivity contribution >= 4 is 28.9 Å². The first kappa shape index (κ1) is 13.6. The molecular formula is C16H21Cl2N. The van der Waals surface area contributed by atoms with E-state index < -0.39 is 0 Å². The molecule has 0 amide bonds. The van der Waals surface area contributed by atoms with Crippen LogP contribution >= 0.6 is 23.2 Å². The SMILES string of the molecule is CN(CC1CC2CCC1C2)c1c(Cl)cccc1CCl. The number of benzene rings is 1. The van der Waals surface area contributed by atoms with Gasteiger partial charge in [0.15, 0.2) is 0 Å². The summed E-state index contributed by atoms with van der Waals surface area (Å²) in [5.41, 5.74) is 2.27. The molecule has 3 unspecified atom stereocenters. The number of alkyl halides is 1. The van der Waals surface area contributed by atoms with Crippen LogP contribution in [0.5, 0.6) is 0 Å². The Labute approximate surface area is 125 Å². The molecule has 1 aromatic carbocycles. The summed E-state index contributed by atoms with van der Waals surface area (Å²) in [4.78, 5) is 2.32. The quantitative estimate of drug-likeness (QED) is 0.711. The summed E-state index contributed by atoms with van der Waals surface area (Å²) >= 11 is 12.4. The second-order valence-corrected chi connectivity index (χ2v) is 6.87. The molecule has 0 N–H and O–H groups in total. The molecule has 0 heterocycles. The van der Waals surface area contributed by atoms with Crippen molar-refractivity contribution in [2.24, 2.45) is 17.8 Å². The first-order chi connectivity index (χ1) is 9.19. The number of hydrogen-bond donors (Lipinski definition) is 0. The lowest BCUT2D eigenvalue weighted by Crippen LogP contribution is -2.29. The van der Waals surface area contributed by atoms with Crippen LogP contribution in [0.15, 0.2) is 18.2 Å². The van der Waals surface area contributed by atoms with E-state index in [0.29, 0.717) is 5.88 Å². The fraction of sp³-hybridized carbons (Fsp3) is 0.625. The van der Waals surface area contributed by atoms with E-state index in [9.17, 15) is 0 Å². The van der Waals surface area contributed by atoms with E-state index >= 15 is 0 Å². The number of hydrogen-bond acceptors (Lipinski definition) is 1. The summed E-state index contributed by atoms with van der Waals surface area (Å²) in [5.74, 6) is 3.33. The Morgan fingerprint density at radius 3 is 2.74 bits per heavy atom. The van der Waals surface area contributed by atoms with E-state index in [-0.39, 0.29) is 0 Å². The van der Waals surface area contributed by atoms with Crippen LogP contribution in [-0.4, -0.2) is 13.6 Å². The standard InChI is InChI=1S/C16H21Cl2N/c1-19(10-14-8-11-5-6-12(14)7-11)16-13(9-17)3-2-4-15(16)18/h2-4,11-12,14H,5-10H2,1H3. The second kappa shape index (κ2) is 5.54. The van der Waals surface area contributed by atoms with Gasteiger partial charge in [0.05, 0.1) is 10.7 Å². The minimum atomic E-state index is 0.525. The van der Waals surface area contributed by atoms with Crippen molar-refractivity contribution in [3.05, 3.63) is 28.8 Å². The van der Waals surface area contributed by atoms with E-state index in [1.807, 2.05) is 12.1 Å². The number of fused-ring (bicyclic) bond motifs is 2. The van der Waals surface area contributed by atoms with Gasteiger partial charge in [0, 0.05) is 19.5 Å². The van der Waals surface area contributed by atoms with Crippen LogP contribution in [0.1, 0.15) is 31.2 Å². The fourth-order valence-corrected chi connectivity index (χ4v) is 4.69. The molecular weight excluding hydrogens is 277 g/mol. The summed E-state index contributed by atoms with van der Waals surface area (Å²) in [6.45, 7) is 1.12. The number of nitrogens with zero attached hydrogens (tertiary/aromatic N) is 1. The first-order valence-electron chi connectivity index (χ1n) is 7.23. The molecule has 0 saturated heterocycles. The van der Waals surface area contributed by atoms with Gasteiger partial charge in [-0.3, -0.25) is 0 Å². The van der Waals surface area contributed by atoms with Gasteiger partial charge in [0.25, 0.3) is 0 Å². The van der Waals surface area contributed by atoms with Crippen LogP contribution in [0.4, 0.5) is 5.69 Å². The molecule has 0 spiro atoms. The third-order valence-corrected chi connectivity index (χ3v) is 5.58. The molecule has 3 rings (SSSR count). The van der Waals surface area contributed by atoms with Crippen molar-refractivity contribution in [3.8, 4) is 0 Å². The van der Waals surface area contributed by atoms with Crippen LogP contribution in [0, 0.1) is 17.8 Å². The molecule has 2 saturated carbocycles. The van der Waals surface area contributed by atoms with Gasteiger partial charge in [-0.05, 0) is 48.6 Å². The summed E-state index contributed by atoms with van der Waals surface area (Å²) in [7, 11) is 2.16. The molecule has 3 atom stereocenters. The van der Waals surface area contributed by atoms with Crippen molar-refractivity contribution in [1.29, 1.82) is 0 Å². The summed E-state index contributed by atoms with van der Waals surface area (Å²) in [6, 6.07) is 6.02. The topological polar surface area (TPSA) is 3.24 Å². The largest absolute Gasteiger partial charge is 0.373 e. The maximum atomic E-state index is 6.37. The molecule has 1 aromatic rings. The molecule has 2 aliphatic rings. The Bertz CT molecular complexity index is 460. The van der Waals surface area contributed by atoms with E-state index in [4.69, 9.17) is 23.2 Å². The smallest absolute Gasteiger partial charge is 0.0642 e. The number of halogens is 2. The highest BCUT2D eigenvalue weighted by Crippen LogP contribution is 2.48. The highest BCUT2D eigenvalue weighted by molar-refractivity contribution is 6.33. The number of anilines is 1. The van der Waals surface area contributed by atoms with Crippen molar-refractivity contribution in [3.63, 3.8) is 0 Å². The van der Waals surface area contributed by atoms with Gasteiger partial charge in [-0.1, -0.05) is 30.2 Å². The molecule has 19 heavy (non-hydrogen) atoms. The predicted molar refractivity (Wildman–Crippen MR) is 83.2 cm³/mol. The van der Waals surface area contributed by atoms with Crippen molar-refractivity contribution in [1.82, 2.24) is 0 Å². The van der Waals surface area contributed by atoms with Gasteiger partial charge in [-0.25, -0.2) is 0 Å². The van der Waals surface area contributed by atoms with Crippen LogP contribution in [0.25, 0.3) is 0 Å². The first-order valence-corrected chi connectivity index (χ1v) is 8.14. The lowest BCUT2D eigenvalue weighted by molar-refractivity contribution is 0.337. The summed E-state index contributed by atoms with van der Waals surface area (Å²) < 4.78 is 0. The van der Waals surface area contributed by atoms with Gasteiger partial charge < -0.3 is 4.90 Å². The molecule has 0 aromatic heterocycles. The highest BCUT2D eigenvalue weighted by Gasteiger charge is 2.39. The fourth-order valence-electron chi connectivity index (χ4n) is 4.14. The van der Waals surface area contributed by atoms with Crippen LogP contribution < -0.4 is 4.90 Å². The average Bonchev–Trinajstić information content (AvgIpc) is 3.00. The molecule has 2 aliphatic carbocycles. The highest BCUT2D eigenvalue weighted by atomic mass is 35.5. The zero-order chi connectivity index (χ0) is 13.4. The molecule has 2 bridgehead atoms. The monoisotopic (exact) mass is 297 g/mol. The van der Waals surface area contributed by atoms with E-state index in [2.05, 4.69) is 18.0 Å². The van der Waals surface area contributed by atoms with Crippen molar-refractivity contribution < 1.29 is 0 Å². The molecule has 0 aliphatic heterocycles. The van der Waals surface area contributed by atoms with Gasteiger partial charge in [-0.15, -0.1) is 11.6 Å². The van der Waals surface area contributed by atoms with Gasteiger partial charge in [0.2, 0.25) is 0 Å². The molecule has 0 radical (unpaired) electrons. The minimum absolute atomic E-state index is 0.525. The predicted octanol–water partition coefficient (Wildman–Crippen LogP) is 4.95.